The Kier molecular flexibility index (Phi) is 3.70. The van der Waals surface area contributed by atoms with Crippen LogP contribution >= 0.6 is 0 Å². The molecule has 0 bridgehead atoms. The minimum absolute atomic E-state index is 0.0258. The number of fused-ring (bicyclic) bond motifs is 1. The van der Waals surface area contributed by atoms with E-state index < -0.39 is 5.97 Å². The van der Waals surface area contributed by atoms with Crippen LogP contribution in [-0.2, 0) is 6.54 Å². The van der Waals surface area contributed by atoms with Gasteiger partial charge in [0.05, 0.1) is 11.1 Å². The summed E-state index contributed by atoms with van der Waals surface area (Å²) in [6, 6.07) is 10.5. The van der Waals surface area contributed by atoms with Crippen LogP contribution in [0.1, 0.15) is 39.0 Å². The van der Waals surface area contributed by atoms with Gasteiger partial charge < -0.3 is 9.67 Å². The number of nitrogens with zero attached hydrogens (tertiary/aromatic N) is 2. The molecule has 0 unspecified atom stereocenters. The van der Waals surface area contributed by atoms with Gasteiger partial charge in [0.1, 0.15) is 5.69 Å². The van der Waals surface area contributed by atoms with Crippen LogP contribution in [-0.4, -0.2) is 26.4 Å². The first-order chi connectivity index (χ1) is 11.1. The van der Waals surface area contributed by atoms with Crippen molar-refractivity contribution >= 4 is 22.7 Å². The van der Waals surface area contributed by atoms with Crippen molar-refractivity contribution in [1.82, 2.24) is 9.55 Å². The van der Waals surface area contributed by atoms with E-state index >= 15 is 0 Å². The second-order valence-electron chi connectivity index (χ2n) is 5.26. The summed E-state index contributed by atoms with van der Waals surface area (Å²) in [5.41, 5.74) is 2.19. The quantitative estimate of drug-likeness (QED) is 0.751. The van der Waals surface area contributed by atoms with E-state index in [0.29, 0.717) is 5.56 Å². The molecule has 3 aromatic rings. The molecular formula is C18H16N2O3. The summed E-state index contributed by atoms with van der Waals surface area (Å²) in [5.74, 6) is -1.51. The van der Waals surface area contributed by atoms with E-state index in [1.807, 2.05) is 42.7 Å². The topological polar surface area (TPSA) is 72.2 Å². The zero-order chi connectivity index (χ0) is 16.6. The molecule has 23 heavy (non-hydrogen) atoms. The molecule has 0 aliphatic heterocycles. The van der Waals surface area contributed by atoms with E-state index in [4.69, 9.17) is 0 Å². The van der Waals surface area contributed by atoms with E-state index in [0.717, 1.165) is 23.1 Å². The summed E-state index contributed by atoms with van der Waals surface area (Å²) in [7, 11) is 0. The molecule has 0 spiro atoms. The Morgan fingerprint density at radius 3 is 2.61 bits per heavy atom. The number of aryl methyl sites for hydroxylation is 1. The molecule has 1 aromatic carbocycles. The van der Waals surface area contributed by atoms with Crippen molar-refractivity contribution in [2.75, 3.05) is 0 Å². The largest absolute Gasteiger partial charge is 0.478 e. The highest BCUT2D eigenvalue weighted by Crippen LogP contribution is 2.28. The lowest BCUT2D eigenvalue weighted by molar-refractivity contribution is 0.0692. The first-order valence-corrected chi connectivity index (χ1v) is 7.37. The van der Waals surface area contributed by atoms with Crippen LogP contribution in [0.3, 0.4) is 0 Å². The van der Waals surface area contributed by atoms with Crippen LogP contribution in [0.25, 0.3) is 10.9 Å². The third-order valence-electron chi connectivity index (χ3n) is 4.03. The number of hydrogen-bond acceptors (Lipinski definition) is 3. The fourth-order valence-corrected chi connectivity index (χ4v) is 3.00. The number of carboxylic acid groups (broad SMARTS) is 1. The molecular weight excluding hydrogens is 292 g/mol. The average molecular weight is 308 g/mol. The zero-order valence-electron chi connectivity index (χ0n) is 12.9. The molecule has 5 heteroatoms. The predicted octanol–water partition coefficient (Wildman–Crippen LogP) is 3.29. The van der Waals surface area contributed by atoms with E-state index in [1.165, 1.54) is 18.3 Å². The smallest absolute Gasteiger partial charge is 0.338 e. The van der Waals surface area contributed by atoms with Crippen LogP contribution in [0.5, 0.6) is 0 Å². The molecule has 0 aliphatic carbocycles. The lowest BCUT2D eigenvalue weighted by atomic mass is 10.0. The summed E-state index contributed by atoms with van der Waals surface area (Å²) < 4.78 is 2.05. The average Bonchev–Trinajstić information content (AvgIpc) is 2.85. The van der Waals surface area contributed by atoms with Gasteiger partial charge in [0.2, 0.25) is 5.78 Å². The lowest BCUT2D eigenvalue weighted by Crippen LogP contribution is -2.13. The van der Waals surface area contributed by atoms with Crippen molar-refractivity contribution in [1.29, 1.82) is 0 Å². The molecule has 0 aliphatic rings. The first-order valence-electron chi connectivity index (χ1n) is 7.37. The molecule has 0 saturated carbocycles. The highest BCUT2D eigenvalue weighted by molar-refractivity contribution is 6.19. The highest BCUT2D eigenvalue weighted by atomic mass is 16.4. The van der Waals surface area contributed by atoms with Crippen molar-refractivity contribution in [3.05, 3.63) is 65.1 Å². The molecule has 5 nitrogen and oxygen atoms in total. The molecule has 3 rings (SSSR count). The van der Waals surface area contributed by atoms with Crippen LogP contribution < -0.4 is 0 Å². The van der Waals surface area contributed by atoms with Gasteiger partial charge in [-0.1, -0.05) is 18.2 Å². The Morgan fingerprint density at radius 1 is 1.17 bits per heavy atom. The SMILES string of the molecule is CCn1c(C)c(C(=O)c2ncccc2C(=O)O)c2ccccc21. The zero-order valence-corrected chi connectivity index (χ0v) is 12.9. The number of carboxylic acids is 1. The number of aromatic carboxylic acids is 1. The molecule has 2 aromatic heterocycles. The van der Waals surface area contributed by atoms with Gasteiger partial charge in [-0.25, -0.2) is 4.79 Å². The van der Waals surface area contributed by atoms with Gasteiger partial charge in [-0.05, 0) is 32.0 Å². The van der Waals surface area contributed by atoms with Crippen molar-refractivity contribution in [2.24, 2.45) is 0 Å². The van der Waals surface area contributed by atoms with Crippen LogP contribution in [0.2, 0.25) is 0 Å². The van der Waals surface area contributed by atoms with Crippen LogP contribution in [0.15, 0.2) is 42.6 Å². The van der Waals surface area contributed by atoms with Gasteiger partial charge in [-0.15, -0.1) is 0 Å². The Balaban J connectivity index is 2.28. The van der Waals surface area contributed by atoms with Crippen molar-refractivity contribution in [3.8, 4) is 0 Å². The number of carbonyl (C=O) groups is 2. The Hall–Kier alpha value is -2.95. The van der Waals surface area contributed by atoms with Gasteiger partial charge in [-0.3, -0.25) is 9.78 Å². The summed E-state index contributed by atoms with van der Waals surface area (Å²) in [4.78, 5) is 28.4. The number of pyridine rings is 1. The standard InChI is InChI=1S/C18H16N2O3/c1-3-20-11(2)15(12-7-4-5-9-14(12)20)17(21)16-13(18(22)23)8-6-10-19-16/h4-10H,3H2,1-2H3,(H,22,23). The Labute approximate surface area is 133 Å². The van der Waals surface area contributed by atoms with Gasteiger partial charge in [0, 0.05) is 29.3 Å². The van der Waals surface area contributed by atoms with Crippen molar-refractivity contribution in [2.45, 2.75) is 20.4 Å². The van der Waals surface area contributed by atoms with Crippen molar-refractivity contribution in [3.63, 3.8) is 0 Å². The number of benzene rings is 1. The van der Waals surface area contributed by atoms with Crippen LogP contribution in [0, 0.1) is 6.92 Å². The maximum absolute atomic E-state index is 13.0. The highest BCUT2D eigenvalue weighted by Gasteiger charge is 2.25. The second-order valence-corrected chi connectivity index (χ2v) is 5.26. The van der Waals surface area contributed by atoms with E-state index in [1.54, 1.807) is 0 Å². The number of para-hydroxylation sites is 1. The fraction of sp³-hybridized carbons (Fsp3) is 0.167. The minimum atomic E-state index is -1.15. The monoisotopic (exact) mass is 308 g/mol. The minimum Gasteiger partial charge on any atom is -0.478 e. The number of rotatable bonds is 4. The Morgan fingerprint density at radius 2 is 1.91 bits per heavy atom. The number of ketones is 1. The molecule has 0 fully saturated rings. The Bertz CT molecular complexity index is 925. The molecule has 1 N–H and O–H groups in total. The maximum atomic E-state index is 13.0. The van der Waals surface area contributed by atoms with E-state index in [-0.39, 0.29) is 17.0 Å². The second kappa shape index (κ2) is 5.68. The summed E-state index contributed by atoms with van der Waals surface area (Å²) in [6.07, 6.45) is 1.44. The first kappa shape index (κ1) is 15.0. The van der Waals surface area contributed by atoms with Gasteiger partial charge in [-0.2, -0.15) is 0 Å². The summed E-state index contributed by atoms with van der Waals surface area (Å²) >= 11 is 0. The lowest BCUT2D eigenvalue weighted by Gasteiger charge is -2.06. The fourth-order valence-electron chi connectivity index (χ4n) is 3.00. The molecule has 116 valence electrons. The number of hydrogen-bond donors (Lipinski definition) is 1. The van der Waals surface area contributed by atoms with Gasteiger partial charge >= 0.3 is 5.97 Å². The normalized spacial score (nSPS) is 10.9. The molecule has 0 amide bonds. The van der Waals surface area contributed by atoms with E-state index in [2.05, 4.69) is 4.98 Å². The number of carbonyl (C=O) groups excluding carboxylic acids is 1. The van der Waals surface area contributed by atoms with Gasteiger partial charge in [0.25, 0.3) is 0 Å². The third kappa shape index (κ3) is 2.30. The summed E-state index contributed by atoms with van der Waals surface area (Å²) in [6.45, 7) is 4.62. The van der Waals surface area contributed by atoms with Crippen LogP contribution in [0.4, 0.5) is 0 Å². The molecule has 0 saturated heterocycles. The van der Waals surface area contributed by atoms with Gasteiger partial charge in [0.15, 0.2) is 0 Å². The third-order valence-corrected chi connectivity index (χ3v) is 4.03. The predicted molar refractivity (Wildman–Crippen MR) is 87.0 cm³/mol. The summed E-state index contributed by atoms with van der Waals surface area (Å²) in [5, 5.41) is 10.1. The molecule has 0 radical (unpaired) electrons. The number of aromatic nitrogens is 2. The van der Waals surface area contributed by atoms with Crippen molar-refractivity contribution < 1.29 is 14.7 Å². The molecule has 0 atom stereocenters. The molecule has 2 heterocycles. The maximum Gasteiger partial charge on any atom is 0.338 e. The van der Waals surface area contributed by atoms with E-state index in [9.17, 15) is 14.7 Å².